The Balaban J connectivity index is 2.30. The first kappa shape index (κ1) is 3.67. The van der Waals surface area contributed by atoms with Crippen molar-refractivity contribution in [3.05, 3.63) is 0 Å². The molecule has 0 saturated heterocycles. The van der Waals surface area contributed by atoms with Gasteiger partial charge in [-0.15, -0.1) is 0 Å². The van der Waals surface area contributed by atoms with E-state index in [4.69, 9.17) is 0 Å². The highest BCUT2D eigenvalue weighted by Crippen LogP contribution is 1.50. The molecule has 4 heavy (non-hydrogen) atoms. The molecule has 0 spiro atoms. The molecule has 0 fully saturated rings. The van der Waals surface area contributed by atoms with Gasteiger partial charge in [0.05, 0.1) is 0 Å². The fourth-order valence-corrected chi connectivity index (χ4v) is 0. The molecule has 0 heterocycles. The van der Waals surface area contributed by atoms with Crippen LogP contribution in [0.5, 0.6) is 0 Å². The number of nitrogens with zero attached hydrogens (tertiary/aromatic N) is 1. The number of hydrogen-bond acceptors (Lipinski definition) is 1. The van der Waals surface area contributed by atoms with Crippen molar-refractivity contribution in [2.75, 3.05) is 6.54 Å². The highest BCUT2D eigenvalue weighted by molar-refractivity contribution is 5.22. The van der Waals surface area contributed by atoms with Gasteiger partial charge in [-0.1, -0.05) is 0 Å². The summed E-state index contributed by atoms with van der Waals surface area (Å²) in [7, 11) is 0. The lowest BCUT2D eigenvalue weighted by Gasteiger charge is -1.61. The Labute approximate surface area is 26.4 Å². The second kappa shape index (κ2) is 2.67. The van der Waals surface area contributed by atoms with Gasteiger partial charge in [0.2, 0.25) is 0 Å². The van der Waals surface area contributed by atoms with E-state index in [9.17, 15) is 0 Å². The Hall–Kier alpha value is -0.330. The topological polar surface area (TPSA) is 12.4 Å². The van der Waals surface area contributed by atoms with Crippen LogP contribution in [0.25, 0.3) is 0 Å². The summed E-state index contributed by atoms with van der Waals surface area (Å²) in [6.45, 7) is 6.01. The molecule has 0 amide bonds. The lowest BCUT2D eigenvalue weighted by atomic mass is 10.8. The van der Waals surface area contributed by atoms with Crippen molar-refractivity contribution in [1.29, 1.82) is 0 Å². The van der Waals surface area contributed by atoms with E-state index >= 15 is 0 Å². The maximum Gasteiger partial charge on any atom is 0.0353 e. The second-order valence-electron chi connectivity index (χ2n) is 0.540. The minimum absolute atomic E-state index is 0.833. The zero-order valence-electron chi connectivity index (χ0n) is 2.86. The second-order valence-corrected chi connectivity index (χ2v) is 0.540. The minimum Gasteiger partial charge on any atom is -0.301 e. The predicted molar refractivity (Wildman–Crippen MR) is 20.1 cm³/mol. The first-order chi connectivity index (χ1) is 1.91. The van der Waals surface area contributed by atoms with Gasteiger partial charge in [-0.3, -0.25) is 0 Å². The Morgan fingerprint density at radius 1 is 2.00 bits per heavy atom. The summed E-state index contributed by atoms with van der Waals surface area (Å²) < 4.78 is 0. The first-order valence-electron chi connectivity index (χ1n) is 1.34. The highest BCUT2D eigenvalue weighted by Gasteiger charge is 1.43. The Kier molecular flexibility index (Phi) is 2.45. The smallest absolute Gasteiger partial charge is 0.0353 e. The van der Waals surface area contributed by atoms with Gasteiger partial charge < -0.3 is 4.99 Å². The zero-order chi connectivity index (χ0) is 3.41. The number of aliphatic imine (C=N–C) groups is 1. The van der Waals surface area contributed by atoms with Crippen LogP contribution in [-0.4, -0.2) is 13.3 Å². The third-order valence-electron chi connectivity index (χ3n) is 0.224. The van der Waals surface area contributed by atoms with Gasteiger partial charge in [-0.25, -0.2) is 0 Å². The number of hydrogen-bond donors (Lipinski definition) is 0. The number of rotatable bonds is 1. The first-order valence-corrected chi connectivity index (χ1v) is 1.34. The van der Waals surface area contributed by atoms with Crippen LogP contribution in [0, 0.1) is 0 Å². The van der Waals surface area contributed by atoms with E-state index in [-0.39, 0.29) is 0 Å². The van der Waals surface area contributed by atoms with Gasteiger partial charge in [-0.05, 0) is 13.6 Å². The van der Waals surface area contributed by atoms with E-state index in [0.29, 0.717) is 0 Å². The molecule has 0 aliphatic carbocycles. The van der Waals surface area contributed by atoms with Gasteiger partial charge in [0, 0.05) is 6.54 Å². The summed E-state index contributed by atoms with van der Waals surface area (Å²) in [5.74, 6) is 0. The molecule has 0 aromatic heterocycles. The molecule has 0 bridgehead atoms. The molecule has 1 heteroatoms. The molecule has 0 aromatic rings. The largest absolute Gasteiger partial charge is 0.301 e. The van der Waals surface area contributed by atoms with Crippen molar-refractivity contribution < 1.29 is 0 Å². The van der Waals surface area contributed by atoms with Crippen LogP contribution < -0.4 is 0 Å². The van der Waals surface area contributed by atoms with Gasteiger partial charge in [-0.2, -0.15) is 0 Å². The summed E-state index contributed by atoms with van der Waals surface area (Å²) in [4.78, 5) is 3.49. The predicted octanol–water partition coefficient (Wildman–Crippen LogP) is 0.707. The highest BCUT2D eigenvalue weighted by atomic mass is 14.6. The van der Waals surface area contributed by atoms with Crippen molar-refractivity contribution in [3.63, 3.8) is 0 Å². The van der Waals surface area contributed by atoms with Crippen molar-refractivity contribution in [3.8, 4) is 0 Å². The van der Waals surface area contributed by atoms with Gasteiger partial charge in [0.15, 0.2) is 0 Å². The van der Waals surface area contributed by atoms with Crippen LogP contribution in [0.2, 0.25) is 0 Å². The normalized spacial score (nSPS) is 6.25. The van der Waals surface area contributed by atoms with Crippen LogP contribution in [0.3, 0.4) is 0 Å². The van der Waals surface area contributed by atoms with E-state index < -0.39 is 0 Å². The molecule has 0 saturated carbocycles. The average Bonchev–Trinajstić information content (AvgIpc) is 1.37. The fraction of sp³-hybridized carbons (Fsp3) is 0.667. The molecule has 0 rings (SSSR count). The van der Waals surface area contributed by atoms with Crippen molar-refractivity contribution in [1.82, 2.24) is 0 Å². The van der Waals surface area contributed by atoms with Crippen LogP contribution >= 0.6 is 0 Å². The minimum atomic E-state index is 0.833. The van der Waals surface area contributed by atoms with Gasteiger partial charge in [0.25, 0.3) is 0 Å². The summed E-state index contributed by atoms with van der Waals surface area (Å²) >= 11 is 0. The Morgan fingerprint density at radius 3 is 2.25 bits per heavy atom. The Morgan fingerprint density at radius 2 is 2.25 bits per heavy atom. The Bertz CT molecular complexity index is 17.2. The van der Waals surface area contributed by atoms with Crippen LogP contribution in [0.15, 0.2) is 4.99 Å². The van der Waals surface area contributed by atoms with Crippen molar-refractivity contribution in [2.45, 2.75) is 6.92 Å². The lowest BCUT2D eigenvalue weighted by molar-refractivity contribution is 1.15. The van der Waals surface area contributed by atoms with Crippen molar-refractivity contribution in [2.24, 2.45) is 4.99 Å². The van der Waals surface area contributed by atoms with E-state index in [1.54, 1.807) is 0 Å². The lowest BCUT2D eigenvalue weighted by Crippen LogP contribution is -1.54. The van der Waals surface area contributed by atoms with Crippen LogP contribution in [0.1, 0.15) is 6.92 Å². The van der Waals surface area contributed by atoms with Crippen LogP contribution in [-0.2, 0) is 0 Å². The van der Waals surface area contributed by atoms with E-state index in [2.05, 4.69) is 11.7 Å². The molecule has 24 valence electrons. The van der Waals surface area contributed by atoms with Gasteiger partial charge >= 0.3 is 0 Å². The third-order valence-corrected chi connectivity index (χ3v) is 0.224. The molecule has 0 aromatic carbocycles. The monoisotopic (exact) mass is 57.1 g/mol. The summed E-state index contributed by atoms with van der Waals surface area (Å²) in [6.07, 6.45) is 0. The molecule has 0 radical (unpaired) electrons. The van der Waals surface area contributed by atoms with E-state index in [1.165, 1.54) is 0 Å². The molecule has 0 unspecified atom stereocenters. The maximum absolute atomic E-state index is 3.49. The molecule has 0 aliphatic heterocycles. The molecule has 0 atom stereocenters. The SMILES string of the molecule is C=NCC. The molecule has 1 nitrogen and oxygen atoms in total. The summed E-state index contributed by atoms with van der Waals surface area (Å²) in [6, 6.07) is 0. The fourth-order valence-electron chi connectivity index (χ4n) is 0. The van der Waals surface area contributed by atoms with E-state index in [1.807, 2.05) is 6.92 Å². The summed E-state index contributed by atoms with van der Waals surface area (Å²) in [5, 5.41) is 0. The maximum atomic E-state index is 3.49. The molecular formula is C3H7N. The van der Waals surface area contributed by atoms with Crippen LogP contribution in [0.4, 0.5) is 0 Å². The molecular weight excluding hydrogens is 50.0 g/mol. The quantitative estimate of drug-likeness (QED) is 0.393. The van der Waals surface area contributed by atoms with Crippen molar-refractivity contribution >= 4 is 6.72 Å². The van der Waals surface area contributed by atoms with Gasteiger partial charge in [0.1, 0.15) is 0 Å². The third kappa shape index (κ3) is 1.67. The average molecular weight is 57.1 g/mol. The molecule has 0 aliphatic rings. The summed E-state index contributed by atoms with van der Waals surface area (Å²) in [5.41, 5.74) is 0. The zero-order valence-corrected chi connectivity index (χ0v) is 2.86. The van der Waals surface area contributed by atoms with E-state index in [0.717, 1.165) is 6.54 Å². The molecule has 0 N–H and O–H groups in total. The standard InChI is InChI=1S/C3H7N/c1-3-4-2/h2-3H2,1H3.